The average molecular weight is 284 g/mol. The monoisotopic (exact) mass is 284 g/mol. The van der Waals surface area contributed by atoms with Gasteiger partial charge in [0.1, 0.15) is 6.54 Å². The van der Waals surface area contributed by atoms with Crippen LogP contribution >= 0.6 is 11.3 Å². The summed E-state index contributed by atoms with van der Waals surface area (Å²) in [7, 11) is 1.28. The number of rotatable bonds is 5. The molecule has 0 aliphatic carbocycles. The number of hydrogen-bond donors (Lipinski definition) is 1. The first-order valence-corrected chi connectivity index (χ1v) is 6.53. The van der Waals surface area contributed by atoms with Gasteiger partial charge in [0.15, 0.2) is 0 Å². The van der Waals surface area contributed by atoms with Gasteiger partial charge in [-0.25, -0.2) is 0 Å². The van der Waals surface area contributed by atoms with Gasteiger partial charge >= 0.3 is 5.97 Å². The van der Waals surface area contributed by atoms with Crippen molar-refractivity contribution in [1.82, 2.24) is 4.90 Å². The third kappa shape index (κ3) is 4.36. The number of hydrogen-bond acceptors (Lipinski definition) is 5. The molecule has 1 aromatic heterocycles. The number of amides is 2. The van der Waals surface area contributed by atoms with E-state index in [-0.39, 0.29) is 18.4 Å². The molecule has 7 heteroatoms. The van der Waals surface area contributed by atoms with E-state index < -0.39 is 5.97 Å². The van der Waals surface area contributed by atoms with Gasteiger partial charge in [0, 0.05) is 13.5 Å². The Bertz CT molecular complexity index is 484. The molecule has 0 saturated carbocycles. The molecule has 0 bridgehead atoms. The van der Waals surface area contributed by atoms with Crippen LogP contribution in [0.1, 0.15) is 23.5 Å². The molecule has 104 valence electrons. The van der Waals surface area contributed by atoms with Crippen molar-refractivity contribution in [3.63, 3.8) is 0 Å². The zero-order valence-corrected chi connectivity index (χ0v) is 11.9. The first-order valence-electron chi connectivity index (χ1n) is 5.71. The van der Waals surface area contributed by atoms with Crippen LogP contribution in [-0.2, 0) is 14.3 Å². The topological polar surface area (TPSA) is 75.7 Å². The molecule has 0 spiro atoms. The minimum Gasteiger partial charge on any atom is -0.468 e. The van der Waals surface area contributed by atoms with E-state index >= 15 is 0 Å². The van der Waals surface area contributed by atoms with Crippen LogP contribution in [0.4, 0.5) is 5.00 Å². The summed E-state index contributed by atoms with van der Waals surface area (Å²) >= 11 is 1.17. The molecule has 0 fully saturated rings. The Kier molecular flexibility index (Phi) is 5.50. The smallest absolute Gasteiger partial charge is 0.325 e. The Morgan fingerprint density at radius 3 is 2.58 bits per heavy atom. The van der Waals surface area contributed by atoms with E-state index in [2.05, 4.69) is 10.1 Å². The van der Waals surface area contributed by atoms with E-state index in [0.29, 0.717) is 16.4 Å². The number of anilines is 1. The van der Waals surface area contributed by atoms with Crippen LogP contribution in [0.5, 0.6) is 0 Å². The standard InChI is InChI=1S/C12H16N2O4S/c1-4-14(7-11(16)18-3)12(17)9-5-6-10(19-9)13-8(2)15/h5-6H,4,7H2,1-3H3,(H,13,15). The number of methoxy groups -OCH3 is 1. The number of carbonyl (C=O) groups excluding carboxylic acids is 3. The highest BCUT2D eigenvalue weighted by atomic mass is 32.1. The van der Waals surface area contributed by atoms with Crippen molar-refractivity contribution in [2.75, 3.05) is 25.5 Å². The summed E-state index contributed by atoms with van der Waals surface area (Å²) in [4.78, 5) is 36.1. The molecule has 6 nitrogen and oxygen atoms in total. The Labute approximate surface area is 115 Å². The van der Waals surface area contributed by atoms with Gasteiger partial charge < -0.3 is 15.0 Å². The maximum atomic E-state index is 12.1. The van der Waals surface area contributed by atoms with Crippen molar-refractivity contribution in [2.45, 2.75) is 13.8 Å². The number of esters is 1. The van der Waals surface area contributed by atoms with E-state index in [1.54, 1.807) is 19.1 Å². The first-order chi connectivity index (χ1) is 8.97. The molecule has 0 aliphatic rings. The predicted octanol–water partition coefficient (Wildman–Crippen LogP) is 1.34. The highest BCUT2D eigenvalue weighted by Crippen LogP contribution is 2.23. The quantitative estimate of drug-likeness (QED) is 0.828. The van der Waals surface area contributed by atoms with Crippen LogP contribution in [0.2, 0.25) is 0 Å². The van der Waals surface area contributed by atoms with Gasteiger partial charge in [0.2, 0.25) is 5.91 Å². The number of likely N-dealkylation sites (N-methyl/N-ethyl adjacent to an activating group) is 1. The SMILES string of the molecule is CCN(CC(=O)OC)C(=O)c1ccc(NC(C)=O)s1. The summed E-state index contributed by atoms with van der Waals surface area (Å²) < 4.78 is 4.54. The van der Waals surface area contributed by atoms with E-state index in [0.717, 1.165) is 0 Å². The third-order valence-electron chi connectivity index (χ3n) is 2.33. The Morgan fingerprint density at radius 2 is 2.05 bits per heavy atom. The van der Waals surface area contributed by atoms with Crippen molar-refractivity contribution < 1.29 is 19.1 Å². The average Bonchev–Trinajstić information content (AvgIpc) is 2.82. The number of nitrogens with zero attached hydrogens (tertiary/aromatic N) is 1. The lowest BCUT2D eigenvalue weighted by Crippen LogP contribution is -2.35. The van der Waals surface area contributed by atoms with E-state index in [4.69, 9.17) is 0 Å². The summed E-state index contributed by atoms with van der Waals surface area (Å²) in [5, 5.41) is 3.21. The number of carbonyl (C=O) groups is 3. The Balaban J connectivity index is 2.77. The minimum atomic E-state index is -0.464. The van der Waals surface area contributed by atoms with Crippen molar-refractivity contribution in [3.8, 4) is 0 Å². The van der Waals surface area contributed by atoms with Crippen LogP contribution in [-0.4, -0.2) is 42.9 Å². The second kappa shape index (κ2) is 6.89. The Hall–Kier alpha value is -1.89. The molecule has 1 heterocycles. The van der Waals surface area contributed by atoms with Gasteiger partial charge in [-0.15, -0.1) is 11.3 Å². The molecule has 2 amide bonds. The van der Waals surface area contributed by atoms with Crippen molar-refractivity contribution in [1.29, 1.82) is 0 Å². The van der Waals surface area contributed by atoms with Gasteiger partial charge in [-0.2, -0.15) is 0 Å². The van der Waals surface area contributed by atoms with Gasteiger partial charge in [-0.1, -0.05) is 0 Å². The van der Waals surface area contributed by atoms with Crippen molar-refractivity contribution in [3.05, 3.63) is 17.0 Å². The minimum absolute atomic E-state index is 0.0841. The fourth-order valence-corrected chi connectivity index (χ4v) is 2.32. The normalized spacial score (nSPS) is 9.84. The fourth-order valence-electron chi connectivity index (χ4n) is 1.40. The predicted molar refractivity (Wildman–Crippen MR) is 72.2 cm³/mol. The van der Waals surface area contributed by atoms with Gasteiger partial charge in [-0.05, 0) is 19.1 Å². The largest absolute Gasteiger partial charge is 0.468 e. The highest BCUT2D eigenvalue weighted by molar-refractivity contribution is 7.18. The fraction of sp³-hybridized carbons (Fsp3) is 0.417. The summed E-state index contributed by atoms with van der Waals surface area (Å²) in [6, 6.07) is 3.28. The third-order valence-corrected chi connectivity index (χ3v) is 3.32. The molecular formula is C12H16N2O4S. The molecule has 1 N–H and O–H groups in total. The molecular weight excluding hydrogens is 268 g/mol. The molecule has 19 heavy (non-hydrogen) atoms. The van der Waals surface area contributed by atoms with Gasteiger partial charge in [0.25, 0.3) is 5.91 Å². The molecule has 0 aliphatic heterocycles. The lowest BCUT2D eigenvalue weighted by atomic mass is 10.3. The van der Waals surface area contributed by atoms with E-state index in [1.165, 1.54) is 30.3 Å². The van der Waals surface area contributed by atoms with E-state index in [9.17, 15) is 14.4 Å². The summed E-state index contributed by atoms with van der Waals surface area (Å²) in [5.74, 6) is -0.911. The molecule has 0 unspecified atom stereocenters. The zero-order valence-electron chi connectivity index (χ0n) is 11.1. The van der Waals surface area contributed by atoms with Crippen LogP contribution < -0.4 is 5.32 Å². The molecule has 0 aromatic carbocycles. The summed E-state index contributed by atoms with van der Waals surface area (Å²) in [5.41, 5.74) is 0. The Morgan fingerprint density at radius 1 is 1.37 bits per heavy atom. The molecule has 0 atom stereocenters. The first kappa shape index (κ1) is 15.2. The lowest BCUT2D eigenvalue weighted by molar-refractivity contribution is -0.141. The van der Waals surface area contributed by atoms with Crippen molar-refractivity contribution in [2.24, 2.45) is 0 Å². The number of ether oxygens (including phenoxy) is 1. The van der Waals surface area contributed by atoms with E-state index in [1.807, 2.05) is 0 Å². The van der Waals surface area contributed by atoms with Crippen LogP contribution in [0.3, 0.4) is 0 Å². The van der Waals surface area contributed by atoms with Crippen LogP contribution in [0, 0.1) is 0 Å². The lowest BCUT2D eigenvalue weighted by Gasteiger charge is -2.18. The molecule has 0 saturated heterocycles. The maximum absolute atomic E-state index is 12.1. The maximum Gasteiger partial charge on any atom is 0.325 e. The molecule has 1 rings (SSSR count). The van der Waals surface area contributed by atoms with Gasteiger partial charge in [-0.3, -0.25) is 14.4 Å². The highest BCUT2D eigenvalue weighted by Gasteiger charge is 2.19. The molecule has 1 aromatic rings. The zero-order chi connectivity index (χ0) is 14.4. The van der Waals surface area contributed by atoms with Crippen LogP contribution in [0.15, 0.2) is 12.1 Å². The van der Waals surface area contributed by atoms with Crippen LogP contribution in [0.25, 0.3) is 0 Å². The molecule has 0 radical (unpaired) electrons. The number of thiophene rings is 1. The summed E-state index contributed by atoms with van der Waals surface area (Å²) in [6.07, 6.45) is 0. The number of nitrogens with one attached hydrogen (secondary N) is 1. The van der Waals surface area contributed by atoms with Gasteiger partial charge in [0.05, 0.1) is 17.0 Å². The second-order valence-corrected chi connectivity index (χ2v) is 4.82. The second-order valence-electron chi connectivity index (χ2n) is 3.74. The summed E-state index contributed by atoms with van der Waals surface area (Å²) in [6.45, 7) is 3.50. The van der Waals surface area contributed by atoms with Crippen molar-refractivity contribution >= 4 is 34.1 Å².